The maximum atomic E-state index is 12.9. The summed E-state index contributed by atoms with van der Waals surface area (Å²) in [5.41, 5.74) is 0. The van der Waals surface area contributed by atoms with Gasteiger partial charge in [-0.1, -0.05) is 0 Å². The minimum absolute atomic E-state index is 0.0166. The lowest BCUT2D eigenvalue weighted by molar-refractivity contribution is -0.155. The Bertz CT molecular complexity index is 646. The fourth-order valence-corrected chi connectivity index (χ4v) is 3.53. The van der Waals surface area contributed by atoms with E-state index < -0.39 is 5.97 Å². The molecule has 148 valence electrons. The van der Waals surface area contributed by atoms with E-state index in [1.807, 2.05) is 4.90 Å². The molecule has 27 heavy (non-hydrogen) atoms. The summed E-state index contributed by atoms with van der Waals surface area (Å²) >= 11 is 0. The van der Waals surface area contributed by atoms with E-state index in [-0.39, 0.29) is 36.9 Å². The maximum Gasteiger partial charge on any atom is 0.304 e. The molecule has 0 aromatic heterocycles. The summed E-state index contributed by atoms with van der Waals surface area (Å²) in [7, 11) is 0. The van der Waals surface area contributed by atoms with Gasteiger partial charge in [0.1, 0.15) is 30.9 Å². The third kappa shape index (κ3) is 5.64. The average molecular weight is 380 g/mol. The second-order valence-corrected chi connectivity index (χ2v) is 6.96. The number of benzene rings is 1. The molecular formula is C19H25FN2O5. The molecular weight excluding hydrogens is 355 g/mol. The number of carbonyl (C=O) groups excluding carboxylic acids is 1. The SMILES string of the molecule is O=C(O)CCN1CCC(N2C[C@H](COc3ccc(F)cc3)OCC2=O)CC1. The third-order valence-corrected chi connectivity index (χ3v) is 5.05. The lowest BCUT2D eigenvalue weighted by atomic mass is 10.0. The van der Waals surface area contributed by atoms with Crippen LogP contribution in [0.3, 0.4) is 0 Å². The van der Waals surface area contributed by atoms with Crippen LogP contribution in [0.25, 0.3) is 0 Å². The van der Waals surface area contributed by atoms with E-state index in [0.29, 0.717) is 25.4 Å². The standard InChI is InChI=1S/C19H25FN2O5/c20-14-1-3-16(4-2-14)26-12-17-11-22(18(23)13-27-17)15-5-8-21(9-6-15)10-7-19(24)25/h1-4,15,17H,5-13H2,(H,24,25)/t17-/m1/s1. The Hall–Kier alpha value is -2.19. The Morgan fingerprint density at radius 2 is 1.96 bits per heavy atom. The topological polar surface area (TPSA) is 79.3 Å². The van der Waals surface area contributed by atoms with Crippen molar-refractivity contribution < 1.29 is 28.6 Å². The molecule has 1 aromatic rings. The minimum Gasteiger partial charge on any atom is -0.491 e. The highest BCUT2D eigenvalue weighted by Gasteiger charge is 2.33. The Morgan fingerprint density at radius 3 is 2.63 bits per heavy atom. The van der Waals surface area contributed by atoms with Crippen molar-refractivity contribution in [1.82, 2.24) is 9.80 Å². The fraction of sp³-hybridized carbons (Fsp3) is 0.579. The third-order valence-electron chi connectivity index (χ3n) is 5.05. The van der Waals surface area contributed by atoms with E-state index >= 15 is 0 Å². The quantitative estimate of drug-likeness (QED) is 0.770. The molecule has 0 spiro atoms. The first-order chi connectivity index (χ1) is 13.0. The molecule has 0 saturated carbocycles. The molecule has 2 aliphatic rings. The molecule has 1 atom stereocenters. The van der Waals surface area contributed by atoms with E-state index in [2.05, 4.69) is 4.90 Å². The van der Waals surface area contributed by atoms with Crippen LogP contribution in [-0.4, -0.2) is 78.3 Å². The van der Waals surface area contributed by atoms with Crippen molar-refractivity contribution in [3.05, 3.63) is 30.1 Å². The summed E-state index contributed by atoms with van der Waals surface area (Å²) in [6.07, 6.45) is 1.58. The van der Waals surface area contributed by atoms with Gasteiger partial charge in [-0.05, 0) is 37.1 Å². The van der Waals surface area contributed by atoms with Crippen LogP contribution in [0.5, 0.6) is 5.75 Å². The lowest BCUT2D eigenvalue weighted by Gasteiger charge is -2.42. The first kappa shape index (κ1) is 19.6. The first-order valence-electron chi connectivity index (χ1n) is 9.25. The molecule has 1 aromatic carbocycles. The molecule has 0 bridgehead atoms. The highest BCUT2D eigenvalue weighted by atomic mass is 19.1. The number of carbonyl (C=O) groups is 2. The number of ether oxygens (including phenoxy) is 2. The summed E-state index contributed by atoms with van der Waals surface area (Å²) in [6.45, 7) is 2.94. The number of carboxylic acids is 1. The molecule has 0 unspecified atom stereocenters. The van der Waals surface area contributed by atoms with Gasteiger partial charge in [0.15, 0.2) is 0 Å². The molecule has 3 rings (SSSR count). The van der Waals surface area contributed by atoms with Gasteiger partial charge < -0.3 is 24.4 Å². The normalized spacial score (nSPS) is 22.0. The maximum absolute atomic E-state index is 12.9. The lowest BCUT2D eigenvalue weighted by Crippen LogP contribution is -2.55. The molecule has 2 aliphatic heterocycles. The van der Waals surface area contributed by atoms with Gasteiger partial charge in [0.05, 0.1) is 13.0 Å². The van der Waals surface area contributed by atoms with Gasteiger partial charge in [-0.3, -0.25) is 9.59 Å². The van der Waals surface area contributed by atoms with Crippen molar-refractivity contribution >= 4 is 11.9 Å². The van der Waals surface area contributed by atoms with Gasteiger partial charge in [0, 0.05) is 25.7 Å². The molecule has 1 amide bonds. The van der Waals surface area contributed by atoms with Crippen molar-refractivity contribution in [1.29, 1.82) is 0 Å². The van der Waals surface area contributed by atoms with Crippen molar-refractivity contribution in [2.24, 2.45) is 0 Å². The van der Waals surface area contributed by atoms with Crippen molar-refractivity contribution in [3.63, 3.8) is 0 Å². The number of likely N-dealkylation sites (tertiary alicyclic amines) is 1. The second-order valence-electron chi connectivity index (χ2n) is 6.96. The number of amides is 1. The second kappa shape index (κ2) is 9.14. The van der Waals surface area contributed by atoms with Gasteiger partial charge in [0.2, 0.25) is 5.91 Å². The highest BCUT2D eigenvalue weighted by molar-refractivity contribution is 5.78. The molecule has 2 heterocycles. The number of hydrogen-bond donors (Lipinski definition) is 1. The monoisotopic (exact) mass is 380 g/mol. The zero-order valence-corrected chi connectivity index (χ0v) is 15.2. The van der Waals surface area contributed by atoms with Gasteiger partial charge in [-0.25, -0.2) is 4.39 Å². The average Bonchev–Trinajstić information content (AvgIpc) is 2.67. The molecule has 7 nitrogen and oxygen atoms in total. The summed E-state index contributed by atoms with van der Waals surface area (Å²) in [5.74, 6) is -0.556. The molecule has 2 fully saturated rings. The van der Waals surface area contributed by atoms with Crippen LogP contribution in [0.2, 0.25) is 0 Å². The van der Waals surface area contributed by atoms with E-state index in [4.69, 9.17) is 14.6 Å². The van der Waals surface area contributed by atoms with Crippen LogP contribution in [0, 0.1) is 5.82 Å². The largest absolute Gasteiger partial charge is 0.491 e. The number of rotatable bonds is 7. The Morgan fingerprint density at radius 1 is 1.26 bits per heavy atom. The summed E-state index contributed by atoms with van der Waals surface area (Å²) in [5, 5.41) is 8.79. The number of hydrogen-bond acceptors (Lipinski definition) is 5. The molecule has 0 aliphatic carbocycles. The molecule has 1 N–H and O–H groups in total. The van der Waals surface area contributed by atoms with Crippen LogP contribution in [0.4, 0.5) is 4.39 Å². The molecule has 8 heteroatoms. The molecule has 0 radical (unpaired) electrons. The number of carboxylic acid groups (broad SMARTS) is 1. The predicted octanol–water partition coefficient (Wildman–Crippen LogP) is 1.37. The fourth-order valence-electron chi connectivity index (χ4n) is 3.53. The first-order valence-corrected chi connectivity index (χ1v) is 9.25. The smallest absolute Gasteiger partial charge is 0.304 e. The summed E-state index contributed by atoms with van der Waals surface area (Å²) < 4.78 is 24.2. The van der Waals surface area contributed by atoms with Crippen LogP contribution in [-0.2, 0) is 14.3 Å². The number of nitrogens with zero attached hydrogens (tertiary/aromatic N) is 2. The van der Waals surface area contributed by atoms with Crippen LogP contribution >= 0.6 is 0 Å². The Labute approximate surface area is 157 Å². The van der Waals surface area contributed by atoms with E-state index in [9.17, 15) is 14.0 Å². The highest BCUT2D eigenvalue weighted by Crippen LogP contribution is 2.21. The van der Waals surface area contributed by atoms with E-state index in [1.54, 1.807) is 12.1 Å². The van der Waals surface area contributed by atoms with E-state index in [1.165, 1.54) is 12.1 Å². The van der Waals surface area contributed by atoms with E-state index in [0.717, 1.165) is 25.9 Å². The number of aliphatic carboxylic acids is 1. The summed E-state index contributed by atoms with van der Waals surface area (Å²) in [6, 6.07) is 5.95. The van der Waals surface area contributed by atoms with Crippen LogP contribution in [0.1, 0.15) is 19.3 Å². The number of halogens is 1. The van der Waals surface area contributed by atoms with Gasteiger partial charge in [-0.15, -0.1) is 0 Å². The van der Waals surface area contributed by atoms with Gasteiger partial charge in [0.25, 0.3) is 0 Å². The van der Waals surface area contributed by atoms with Gasteiger partial charge in [-0.2, -0.15) is 0 Å². The van der Waals surface area contributed by atoms with Crippen LogP contribution < -0.4 is 4.74 Å². The van der Waals surface area contributed by atoms with Crippen molar-refractivity contribution in [2.75, 3.05) is 39.4 Å². The Kier molecular flexibility index (Phi) is 6.63. The number of morpholine rings is 1. The summed E-state index contributed by atoms with van der Waals surface area (Å²) in [4.78, 5) is 27.0. The Balaban J connectivity index is 1.46. The zero-order valence-electron chi connectivity index (χ0n) is 15.2. The van der Waals surface area contributed by atoms with Crippen LogP contribution in [0.15, 0.2) is 24.3 Å². The minimum atomic E-state index is -0.788. The van der Waals surface area contributed by atoms with Crippen molar-refractivity contribution in [3.8, 4) is 5.75 Å². The zero-order chi connectivity index (χ0) is 19.2. The van der Waals surface area contributed by atoms with Gasteiger partial charge >= 0.3 is 5.97 Å². The van der Waals surface area contributed by atoms with Crippen molar-refractivity contribution in [2.45, 2.75) is 31.4 Å². The molecule has 2 saturated heterocycles. The predicted molar refractivity (Wildman–Crippen MR) is 95.1 cm³/mol. The number of piperidine rings is 1.